The second-order valence-corrected chi connectivity index (χ2v) is 6.90. The second-order valence-electron chi connectivity index (χ2n) is 6.90. The zero-order chi connectivity index (χ0) is 18.9. The van der Waals surface area contributed by atoms with Gasteiger partial charge in [0.15, 0.2) is 5.71 Å². The molecule has 1 aliphatic rings. The number of allylic oxidation sites excluding steroid dienone is 1. The summed E-state index contributed by atoms with van der Waals surface area (Å²) in [5.74, 6) is 0.525. The molecule has 4 nitrogen and oxygen atoms in total. The topological polar surface area (TPSA) is 38.5 Å². The van der Waals surface area contributed by atoms with E-state index in [1.807, 2.05) is 49.5 Å². The number of methoxy groups -OCH3 is 2. The second kappa shape index (κ2) is 6.79. The van der Waals surface area contributed by atoms with E-state index in [1.54, 1.807) is 7.11 Å². The first-order valence-electron chi connectivity index (χ1n) is 8.54. The van der Waals surface area contributed by atoms with Crippen LogP contribution in [0.4, 0.5) is 5.69 Å². The molecule has 4 heteroatoms. The van der Waals surface area contributed by atoms with Gasteiger partial charge >= 0.3 is 5.97 Å². The molecule has 1 aliphatic heterocycles. The van der Waals surface area contributed by atoms with Gasteiger partial charge in [0.1, 0.15) is 12.8 Å². The van der Waals surface area contributed by atoms with E-state index < -0.39 is 0 Å². The fraction of sp³-hybridized carbons (Fsp3) is 0.273. The first kappa shape index (κ1) is 17.9. The van der Waals surface area contributed by atoms with E-state index in [4.69, 9.17) is 9.47 Å². The van der Waals surface area contributed by atoms with Crippen molar-refractivity contribution in [1.82, 2.24) is 0 Å². The van der Waals surface area contributed by atoms with Crippen LogP contribution in [0.15, 0.2) is 48.5 Å². The highest BCUT2D eigenvalue weighted by Crippen LogP contribution is 2.40. The number of rotatable bonds is 4. The van der Waals surface area contributed by atoms with E-state index in [0.717, 1.165) is 17.0 Å². The summed E-state index contributed by atoms with van der Waals surface area (Å²) in [4.78, 5) is 11.9. The molecule has 0 spiro atoms. The van der Waals surface area contributed by atoms with Crippen molar-refractivity contribution < 1.29 is 18.8 Å². The Balaban J connectivity index is 1.98. The van der Waals surface area contributed by atoms with E-state index in [1.165, 1.54) is 18.4 Å². The van der Waals surface area contributed by atoms with Gasteiger partial charge in [-0.15, -0.1) is 0 Å². The smallest absolute Gasteiger partial charge is 0.338 e. The van der Waals surface area contributed by atoms with Gasteiger partial charge in [-0.25, -0.2) is 4.79 Å². The van der Waals surface area contributed by atoms with Gasteiger partial charge in [-0.05, 0) is 43.7 Å². The Kier molecular flexibility index (Phi) is 4.68. The van der Waals surface area contributed by atoms with Crippen molar-refractivity contribution in [2.75, 3.05) is 21.3 Å². The Morgan fingerprint density at radius 3 is 2.35 bits per heavy atom. The van der Waals surface area contributed by atoms with E-state index in [9.17, 15) is 4.79 Å². The first-order valence-corrected chi connectivity index (χ1v) is 8.54. The van der Waals surface area contributed by atoms with Crippen LogP contribution < -0.4 is 4.74 Å². The molecule has 0 unspecified atom stereocenters. The Bertz CT molecular complexity index is 905. The van der Waals surface area contributed by atoms with Crippen LogP contribution in [0, 0.1) is 0 Å². The molecule has 2 aromatic rings. The monoisotopic (exact) mass is 350 g/mol. The van der Waals surface area contributed by atoms with Gasteiger partial charge in [0.25, 0.3) is 0 Å². The normalized spacial score (nSPS) is 15.3. The largest absolute Gasteiger partial charge is 0.497 e. The van der Waals surface area contributed by atoms with Crippen molar-refractivity contribution in [3.63, 3.8) is 0 Å². The SMILES string of the molecule is COC(=O)c1ccc2c(c1)[N+](C)=C(C=Cc1ccc(OC)cc1)C2(C)C. The summed E-state index contributed by atoms with van der Waals surface area (Å²) in [5, 5.41) is 0. The molecular weight excluding hydrogens is 326 g/mol. The molecule has 0 radical (unpaired) electrons. The zero-order valence-electron chi connectivity index (χ0n) is 15.9. The number of ether oxygens (including phenoxy) is 2. The van der Waals surface area contributed by atoms with E-state index >= 15 is 0 Å². The van der Waals surface area contributed by atoms with Gasteiger partial charge in [0.05, 0.1) is 25.2 Å². The van der Waals surface area contributed by atoms with Crippen LogP contribution in [0.25, 0.3) is 6.08 Å². The van der Waals surface area contributed by atoms with Crippen LogP contribution in [-0.2, 0) is 10.2 Å². The quantitative estimate of drug-likeness (QED) is 0.613. The third kappa shape index (κ3) is 3.03. The number of hydrogen-bond acceptors (Lipinski definition) is 3. The zero-order valence-corrected chi connectivity index (χ0v) is 15.9. The lowest BCUT2D eigenvalue weighted by Crippen LogP contribution is -2.26. The summed E-state index contributed by atoms with van der Waals surface area (Å²) < 4.78 is 12.2. The number of carbonyl (C=O) groups is 1. The summed E-state index contributed by atoms with van der Waals surface area (Å²) in [5.41, 5.74) is 4.92. The average Bonchev–Trinajstić information content (AvgIpc) is 2.85. The highest BCUT2D eigenvalue weighted by Gasteiger charge is 2.43. The summed E-state index contributed by atoms with van der Waals surface area (Å²) in [7, 11) is 5.09. The van der Waals surface area contributed by atoms with Crippen LogP contribution in [0.3, 0.4) is 0 Å². The minimum absolute atomic E-state index is 0.151. The van der Waals surface area contributed by atoms with Crippen LogP contribution in [0.1, 0.15) is 35.3 Å². The molecule has 0 saturated carbocycles. The molecule has 3 rings (SSSR count). The third-order valence-electron chi connectivity index (χ3n) is 5.00. The highest BCUT2D eigenvalue weighted by atomic mass is 16.5. The molecular formula is C22H24NO3+. The van der Waals surface area contributed by atoms with Gasteiger partial charge in [0, 0.05) is 17.7 Å². The van der Waals surface area contributed by atoms with E-state index in [-0.39, 0.29) is 11.4 Å². The highest BCUT2D eigenvalue weighted by molar-refractivity contribution is 6.05. The van der Waals surface area contributed by atoms with Crippen LogP contribution >= 0.6 is 0 Å². The van der Waals surface area contributed by atoms with Gasteiger partial charge in [0.2, 0.25) is 5.69 Å². The molecule has 0 atom stereocenters. The lowest BCUT2D eigenvalue weighted by molar-refractivity contribution is -0.401. The predicted molar refractivity (Wildman–Crippen MR) is 104 cm³/mol. The predicted octanol–water partition coefficient (Wildman–Crippen LogP) is 4.20. The fourth-order valence-corrected chi connectivity index (χ4v) is 3.48. The standard InChI is InChI=1S/C22H24NO3/c1-22(2)18-12-9-16(21(24)26-5)14-19(18)23(3)20(22)13-8-15-6-10-17(25-4)11-7-15/h6-14H,1-5H3/q+1. The number of carbonyl (C=O) groups excluding carboxylic acids is 1. The number of esters is 1. The minimum Gasteiger partial charge on any atom is -0.497 e. The van der Waals surface area contributed by atoms with Crippen molar-refractivity contribution >= 4 is 23.4 Å². The molecule has 0 aromatic heterocycles. The molecule has 0 aliphatic carbocycles. The van der Waals surface area contributed by atoms with Crippen LogP contribution in [-0.4, -0.2) is 37.5 Å². The Morgan fingerprint density at radius 2 is 1.73 bits per heavy atom. The molecule has 0 amide bonds. The van der Waals surface area contributed by atoms with Gasteiger partial charge in [-0.2, -0.15) is 4.58 Å². The Hall–Kier alpha value is -2.88. The maximum Gasteiger partial charge on any atom is 0.338 e. The van der Waals surface area contributed by atoms with Crippen LogP contribution in [0.2, 0.25) is 0 Å². The molecule has 0 bridgehead atoms. The van der Waals surface area contributed by atoms with E-state index in [0.29, 0.717) is 5.56 Å². The molecule has 1 heterocycles. The summed E-state index contributed by atoms with van der Waals surface area (Å²) in [6.45, 7) is 4.39. The number of benzene rings is 2. The van der Waals surface area contributed by atoms with Crippen molar-refractivity contribution in [3.8, 4) is 5.75 Å². The average molecular weight is 350 g/mol. The Morgan fingerprint density at radius 1 is 1.04 bits per heavy atom. The summed E-state index contributed by atoms with van der Waals surface area (Å²) >= 11 is 0. The summed E-state index contributed by atoms with van der Waals surface area (Å²) in [6.07, 6.45) is 4.24. The van der Waals surface area contributed by atoms with Crippen molar-refractivity contribution in [2.24, 2.45) is 0 Å². The van der Waals surface area contributed by atoms with Crippen LogP contribution in [0.5, 0.6) is 5.75 Å². The first-order chi connectivity index (χ1) is 12.4. The van der Waals surface area contributed by atoms with Crippen molar-refractivity contribution in [2.45, 2.75) is 19.3 Å². The van der Waals surface area contributed by atoms with Crippen molar-refractivity contribution in [3.05, 3.63) is 65.2 Å². The van der Waals surface area contributed by atoms with Gasteiger partial charge < -0.3 is 9.47 Å². The maximum absolute atomic E-state index is 11.9. The molecule has 0 saturated heterocycles. The number of nitrogens with zero attached hydrogens (tertiary/aromatic N) is 1. The summed E-state index contributed by atoms with van der Waals surface area (Å²) in [6, 6.07) is 13.7. The van der Waals surface area contributed by atoms with Gasteiger partial charge in [-0.1, -0.05) is 18.2 Å². The Labute approximate surface area is 154 Å². The van der Waals surface area contributed by atoms with Crippen molar-refractivity contribution in [1.29, 1.82) is 0 Å². The lowest BCUT2D eigenvalue weighted by atomic mass is 9.81. The maximum atomic E-state index is 11.9. The molecule has 0 N–H and O–H groups in total. The number of hydrogen-bond donors (Lipinski definition) is 0. The lowest BCUT2D eigenvalue weighted by Gasteiger charge is -2.15. The molecule has 0 fully saturated rings. The third-order valence-corrected chi connectivity index (χ3v) is 5.00. The molecule has 2 aromatic carbocycles. The molecule has 134 valence electrons. The fourth-order valence-electron chi connectivity index (χ4n) is 3.48. The van der Waals surface area contributed by atoms with Gasteiger partial charge in [-0.3, -0.25) is 0 Å². The molecule has 26 heavy (non-hydrogen) atoms. The van der Waals surface area contributed by atoms with E-state index in [2.05, 4.69) is 30.6 Å². The number of fused-ring (bicyclic) bond motifs is 1. The minimum atomic E-state index is -0.318.